The highest BCUT2D eigenvalue weighted by Crippen LogP contribution is 2.39. The molecule has 0 aliphatic rings. The molecular weight excluding hydrogens is 326 g/mol. The van der Waals surface area contributed by atoms with Crippen molar-refractivity contribution in [2.45, 2.75) is 40.5 Å². The molecule has 0 fully saturated rings. The molecular formula is C26H28N+. The molecule has 1 heteroatoms. The van der Waals surface area contributed by atoms with E-state index in [0.29, 0.717) is 0 Å². The normalized spacial score (nSPS) is 11.4. The van der Waals surface area contributed by atoms with E-state index in [1.807, 2.05) is 0 Å². The summed E-state index contributed by atoms with van der Waals surface area (Å²) in [4.78, 5) is 0. The van der Waals surface area contributed by atoms with Crippen LogP contribution in [0.1, 0.15) is 35.6 Å². The Hall–Kier alpha value is -2.67. The Kier molecular flexibility index (Phi) is 4.47. The van der Waals surface area contributed by atoms with Gasteiger partial charge in [0.05, 0.1) is 10.8 Å². The first-order valence-corrected chi connectivity index (χ1v) is 9.94. The van der Waals surface area contributed by atoms with Crippen LogP contribution in [0.25, 0.3) is 32.9 Å². The predicted molar refractivity (Wildman–Crippen MR) is 116 cm³/mol. The van der Waals surface area contributed by atoms with Gasteiger partial charge in [-0.1, -0.05) is 43.7 Å². The van der Waals surface area contributed by atoms with Crippen LogP contribution in [0.15, 0.2) is 54.6 Å². The van der Waals surface area contributed by atoms with E-state index in [-0.39, 0.29) is 0 Å². The molecule has 0 aliphatic heterocycles. The van der Waals surface area contributed by atoms with Crippen LogP contribution in [0.5, 0.6) is 0 Å². The van der Waals surface area contributed by atoms with Gasteiger partial charge in [-0.05, 0) is 67.1 Å². The molecule has 0 bridgehead atoms. The summed E-state index contributed by atoms with van der Waals surface area (Å²) in [5.74, 6) is 0. The molecule has 0 unspecified atom stereocenters. The topological polar surface area (TPSA) is 3.88 Å². The van der Waals surface area contributed by atoms with E-state index in [1.54, 1.807) is 0 Å². The third-order valence-electron chi connectivity index (χ3n) is 5.95. The minimum absolute atomic E-state index is 1.14. The second kappa shape index (κ2) is 6.81. The highest BCUT2D eigenvalue weighted by molar-refractivity contribution is 6.08. The van der Waals surface area contributed by atoms with E-state index in [1.165, 1.54) is 61.6 Å². The van der Waals surface area contributed by atoms with Crippen LogP contribution in [0, 0.1) is 20.8 Å². The fourth-order valence-electron chi connectivity index (χ4n) is 4.75. The molecule has 0 aliphatic carbocycles. The third-order valence-corrected chi connectivity index (χ3v) is 5.95. The standard InChI is InChI=1S/C26H28N/c1-6-11-20-17(2)16-18(3)25(19(20)4)26-21-12-7-9-14-23(21)27(5)24-15-10-8-13-22(24)26/h7-10,12-16H,6,11H2,1-5H3/q+1. The Labute approximate surface area is 162 Å². The van der Waals surface area contributed by atoms with Crippen LogP contribution >= 0.6 is 0 Å². The lowest BCUT2D eigenvalue weighted by Gasteiger charge is -2.19. The van der Waals surface area contributed by atoms with Gasteiger partial charge in [-0.15, -0.1) is 0 Å². The van der Waals surface area contributed by atoms with Gasteiger partial charge in [-0.2, -0.15) is 4.57 Å². The monoisotopic (exact) mass is 354 g/mol. The molecule has 3 aromatic carbocycles. The zero-order valence-corrected chi connectivity index (χ0v) is 17.1. The van der Waals surface area contributed by atoms with Gasteiger partial charge in [0, 0.05) is 17.7 Å². The highest BCUT2D eigenvalue weighted by atomic mass is 14.9. The molecule has 27 heavy (non-hydrogen) atoms. The molecule has 0 saturated carbocycles. The first kappa shape index (κ1) is 17.7. The van der Waals surface area contributed by atoms with Crippen molar-refractivity contribution in [3.05, 3.63) is 76.9 Å². The van der Waals surface area contributed by atoms with Gasteiger partial charge in [0.2, 0.25) is 11.0 Å². The maximum Gasteiger partial charge on any atom is 0.213 e. The van der Waals surface area contributed by atoms with Crippen molar-refractivity contribution in [2.75, 3.05) is 0 Å². The summed E-state index contributed by atoms with van der Waals surface area (Å²) in [7, 11) is 2.17. The highest BCUT2D eigenvalue weighted by Gasteiger charge is 2.22. The largest absolute Gasteiger partial charge is 0.213 e. The molecule has 0 radical (unpaired) electrons. The number of aryl methyl sites for hydroxylation is 3. The Bertz CT molecular complexity index is 1110. The van der Waals surface area contributed by atoms with Gasteiger partial charge in [-0.25, -0.2) is 0 Å². The summed E-state index contributed by atoms with van der Waals surface area (Å²) >= 11 is 0. The average molecular weight is 355 g/mol. The van der Waals surface area contributed by atoms with Crippen LogP contribution in [0.2, 0.25) is 0 Å². The van der Waals surface area contributed by atoms with Crippen molar-refractivity contribution in [1.29, 1.82) is 0 Å². The van der Waals surface area contributed by atoms with Crippen LogP contribution in [-0.2, 0) is 13.5 Å². The zero-order chi connectivity index (χ0) is 19.1. The average Bonchev–Trinajstić information content (AvgIpc) is 2.67. The van der Waals surface area contributed by atoms with Gasteiger partial charge in [0.25, 0.3) is 0 Å². The van der Waals surface area contributed by atoms with Crippen molar-refractivity contribution in [2.24, 2.45) is 7.05 Å². The van der Waals surface area contributed by atoms with Crippen LogP contribution in [0.4, 0.5) is 0 Å². The summed E-state index contributed by atoms with van der Waals surface area (Å²) in [6, 6.07) is 20.0. The molecule has 0 atom stereocenters. The number of para-hydroxylation sites is 2. The van der Waals surface area contributed by atoms with Crippen LogP contribution < -0.4 is 4.57 Å². The minimum Gasteiger partial charge on any atom is -0.194 e. The van der Waals surface area contributed by atoms with E-state index < -0.39 is 0 Å². The molecule has 0 N–H and O–H groups in total. The minimum atomic E-state index is 1.14. The number of hydrogen-bond acceptors (Lipinski definition) is 0. The maximum atomic E-state index is 2.38. The van der Waals surface area contributed by atoms with Crippen LogP contribution in [-0.4, -0.2) is 0 Å². The second-order valence-electron chi connectivity index (χ2n) is 7.71. The number of aromatic nitrogens is 1. The smallest absolute Gasteiger partial charge is 0.194 e. The Morgan fingerprint density at radius 3 is 1.85 bits per heavy atom. The van der Waals surface area contributed by atoms with Crippen molar-refractivity contribution < 1.29 is 4.57 Å². The van der Waals surface area contributed by atoms with E-state index in [0.717, 1.165) is 6.42 Å². The summed E-state index contributed by atoms with van der Waals surface area (Å²) in [5, 5.41) is 2.66. The number of nitrogens with zero attached hydrogens (tertiary/aromatic N) is 1. The fraction of sp³-hybridized carbons (Fsp3) is 0.269. The molecule has 0 amide bonds. The van der Waals surface area contributed by atoms with Gasteiger partial charge in [-0.3, -0.25) is 0 Å². The summed E-state index contributed by atoms with van der Waals surface area (Å²) in [5.41, 5.74) is 11.1. The van der Waals surface area contributed by atoms with E-state index >= 15 is 0 Å². The molecule has 0 saturated heterocycles. The van der Waals surface area contributed by atoms with Crippen molar-refractivity contribution in [1.82, 2.24) is 0 Å². The third kappa shape index (κ3) is 2.73. The van der Waals surface area contributed by atoms with Gasteiger partial charge in [0.1, 0.15) is 7.05 Å². The van der Waals surface area contributed by atoms with E-state index in [9.17, 15) is 0 Å². The Balaban J connectivity index is 2.23. The van der Waals surface area contributed by atoms with Gasteiger partial charge in [0.15, 0.2) is 0 Å². The van der Waals surface area contributed by atoms with E-state index in [2.05, 4.69) is 93.9 Å². The Morgan fingerprint density at radius 2 is 1.30 bits per heavy atom. The lowest BCUT2D eigenvalue weighted by molar-refractivity contribution is -0.617. The molecule has 136 valence electrons. The summed E-state index contributed by atoms with van der Waals surface area (Å²) < 4.78 is 2.32. The Morgan fingerprint density at radius 1 is 0.741 bits per heavy atom. The molecule has 4 aromatic rings. The van der Waals surface area contributed by atoms with Crippen molar-refractivity contribution in [3.63, 3.8) is 0 Å². The van der Waals surface area contributed by atoms with Gasteiger partial charge >= 0.3 is 0 Å². The quantitative estimate of drug-likeness (QED) is 0.298. The molecule has 1 heterocycles. The molecule has 4 rings (SSSR count). The zero-order valence-electron chi connectivity index (χ0n) is 17.1. The van der Waals surface area contributed by atoms with Crippen molar-refractivity contribution >= 4 is 21.8 Å². The first-order chi connectivity index (χ1) is 13.0. The number of benzene rings is 3. The molecule has 1 aromatic heterocycles. The van der Waals surface area contributed by atoms with Gasteiger partial charge < -0.3 is 0 Å². The number of fused-ring (bicyclic) bond motifs is 2. The maximum absolute atomic E-state index is 2.38. The molecule has 0 spiro atoms. The lowest BCUT2D eigenvalue weighted by atomic mass is 9.85. The predicted octanol–water partition coefficient (Wildman–Crippen LogP) is 6.36. The molecule has 1 nitrogen and oxygen atoms in total. The number of pyridine rings is 1. The van der Waals surface area contributed by atoms with E-state index in [4.69, 9.17) is 0 Å². The number of rotatable bonds is 3. The fourth-order valence-corrected chi connectivity index (χ4v) is 4.75. The summed E-state index contributed by atoms with van der Waals surface area (Å²) in [6.07, 6.45) is 2.32. The first-order valence-electron chi connectivity index (χ1n) is 9.94. The summed E-state index contributed by atoms with van der Waals surface area (Å²) in [6.45, 7) is 9.11. The second-order valence-corrected chi connectivity index (χ2v) is 7.71. The lowest BCUT2D eigenvalue weighted by Crippen LogP contribution is -2.30. The van der Waals surface area contributed by atoms with Crippen LogP contribution in [0.3, 0.4) is 0 Å². The van der Waals surface area contributed by atoms with Crippen molar-refractivity contribution in [3.8, 4) is 11.1 Å². The number of hydrogen-bond donors (Lipinski definition) is 0. The SMILES string of the molecule is CCCc1c(C)cc(C)c(-c2c3ccccc3[n+](C)c3ccccc23)c1C.